The van der Waals surface area contributed by atoms with Crippen molar-refractivity contribution >= 4 is 11.5 Å². The first-order valence-corrected chi connectivity index (χ1v) is 6.28. The highest BCUT2D eigenvalue weighted by Gasteiger charge is 2.19. The fraction of sp³-hybridized carbons (Fsp3) is 0.312. The molecule has 1 aromatic heterocycles. The maximum absolute atomic E-state index is 7.12. The topological polar surface area (TPSA) is 35.3 Å². The van der Waals surface area contributed by atoms with Crippen molar-refractivity contribution in [3.05, 3.63) is 47.3 Å². The molecular formula is C16H19N3. The van der Waals surface area contributed by atoms with Crippen molar-refractivity contribution in [2.75, 3.05) is 5.73 Å². The van der Waals surface area contributed by atoms with Gasteiger partial charge in [0.05, 0.1) is 7.05 Å². The van der Waals surface area contributed by atoms with Gasteiger partial charge in [-0.2, -0.15) is 0 Å². The second kappa shape index (κ2) is 4.47. The zero-order chi connectivity index (χ0) is 14.2. The first kappa shape index (κ1) is 13.2. The lowest BCUT2D eigenvalue weighted by Gasteiger charge is -2.22. The number of nitrogens with two attached hydrogens (primary N) is 1. The predicted molar refractivity (Wildman–Crippen MR) is 80.2 cm³/mol. The lowest BCUT2D eigenvalue weighted by molar-refractivity contribution is 0.593. The van der Waals surface area contributed by atoms with Crippen molar-refractivity contribution in [1.29, 1.82) is 0 Å². The van der Waals surface area contributed by atoms with Gasteiger partial charge in [0.2, 0.25) is 5.82 Å². The summed E-state index contributed by atoms with van der Waals surface area (Å²) in [5, 5.41) is 0. The average molecular weight is 253 g/mol. The molecule has 0 atom stereocenters. The lowest BCUT2D eigenvalue weighted by atomic mass is 9.84. The summed E-state index contributed by atoms with van der Waals surface area (Å²) in [6.45, 7) is 13.6. The van der Waals surface area contributed by atoms with Crippen LogP contribution in [0.2, 0.25) is 0 Å². The lowest BCUT2D eigenvalue weighted by Crippen LogP contribution is -2.14. The molecule has 0 saturated heterocycles. The largest absolute Gasteiger partial charge is 0.398 e. The summed E-state index contributed by atoms with van der Waals surface area (Å²) < 4.78 is 1.91. The number of aromatic nitrogens is 1. The minimum atomic E-state index is 0.00782. The molecule has 3 heteroatoms. The molecule has 3 nitrogen and oxygen atoms in total. The molecule has 2 aromatic rings. The molecule has 2 rings (SSSR count). The molecule has 1 aromatic carbocycles. The van der Waals surface area contributed by atoms with Crippen LogP contribution in [0.5, 0.6) is 0 Å². The van der Waals surface area contributed by atoms with Gasteiger partial charge in [-0.1, -0.05) is 27.3 Å². The highest BCUT2D eigenvalue weighted by molar-refractivity contribution is 5.69. The van der Waals surface area contributed by atoms with Crippen LogP contribution >= 0.6 is 0 Å². The molecule has 2 N–H and O–H groups in total. The number of hydrogen-bond donors (Lipinski definition) is 1. The van der Waals surface area contributed by atoms with E-state index in [0.29, 0.717) is 5.82 Å². The van der Waals surface area contributed by atoms with Gasteiger partial charge in [-0.15, -0.1) is 0 Å². The van der Waals surface area contributed by atoms with E-state index in [-0.39, 0.29) is 5.41 Å². The number of rotatable bonds is 1. The van der Waals surface area contributed by atoms with Crippen molar-refractivity contribution in [1.82, 2.24) is 4.57 Å². The number of nitrogens with zero attached hydrogens (tertiary/aromatic N) is 2. The van der Waals surface area contributed by atoms with E-state index in [1.165, 1.54) is 0 Å². The van der Waals surface area contributed by atoms with Gasteiger partial charge in [0, 0.05) is 11.3 Å². The molecule has 0 bridgehead atoms. The number of hydrogen-bond acceptors (Lipinski definition) is 1. The normalized spacial score (nSPS) is 11.3. The SMILES string of the molecule is [C-]#[N+]c1ccc(-c2ccc(N)c(C(C)(C)C)c2)n1C. The first-order valence-electron chi connectivity index (χ1n) is 6.28. The molecule has 0 radical (unpaired) electrons. The van der Waals surface area contributed by atoms with E-state index < -0.39 is 0 Å². The van der Waals surface area contributed by atoms with E-state index in [0.717, 1.165) is 22.5 Å². The van der Waals surface area contributed by atoms with Crippen LogP contribution in [-0.4, -0.2) is 4.57 Å². The fourth-order valence-electron chi connectivity index (χ4n) is 2.27. The maximum atomic E-state index is 7.12. The third-order valence-electron chi connectivity index (χ3n) is 3.37. The number of benzene rings is 1. The Kier molecular flexibility index (Phi) is 3.11. The van der Waals surface area contributed by atoms with Gasteiger partial charge in [-0.25, -0.2) is 0 Å². The van der Waals surface area contributed by atoms with Crippen LogP contribution in [0.1, 0.15) is 26.3 Å². The Morgan fingerprint density at radius 2 is 1.84 bits per heavy atom. The Labute approximate surface area is 114 Å². The Morgan fingerprint density at radius 1 is 1.16 bits per heavy atom. The minimum absolute atomic E-state index is 0.00782. The summed E-state index contributed by atoms with van der Waals surface area (Å²) in [6, 6.07) is 9.90. The van der Waals surface area contributed by atoms with Gasteiger partial charge in [-0.05, 0) is 41.3 Å². The number of anilines is 1. The van der Waals surface area contributed by atoms with Gasteiger partial charge >= 0.3 is 0 Å². The minimum Gasteiger partial charge on any atom is -0.398 e. The van der Waals surface area contributed by atoms with Gasteiger partial charge in [-0.3, -0.25) is 4.57 Å². The Balaban J connectivity index is 2.59. The van der Waals surface area contributed by atoms with Gasteiger partial charge in [0.1, 0.15) is 5.69 Å². The maximum Gasteiger partial charge on any atom is 0.230 e. The third-order valence-corrected chi connectivity index (χ3v) is 3.37. The van der Waals surface area contributed by atoms with E-state index in [1.54, 1.807) is 0 Å². The molecule has 19 heavy (non-hydrogen) atoms. The summed E-state index contributed by atoms with van der Waals surface area (Å²) >= 11 is 0. The van der Waals surface area contributed by atoms with Crippen LogP contribution in [0, 0.1) is 6.57 Å². The van der Waals surface area contributed by atoms with Crippen molar-refractivity contribution in [3.63, 3.8) is 0 Å². The Hall–Kier alpha value is -2.21. The molecule has 0 aliphatic heterocycles. The molecule has 0 spiro atoms. The van der Waals surface area contributed by atoms with Gasteiger partial charge in [0.25, 0.3) is 0 Å². The van der Waals surface area contributed by atoms with E-state index in [9.17, 15) is 0 Å². The summed E-state index contributed by atoms with van der Waals surface area (Å²) in [4.78, 5) is 3.49. The van der Waals surface area contributed by atoms with E-state index >= 15 is 0 Å². The van der Waals surface area contributed by atoms with Crippen molar-refractivity contribution in [2.24, 2.45) is 7.05 Å². The third kappa shape index (κ3) is 2.34. The van der Waals surface area contributed by atoms with E-state index in [2.05, 4.69) is 31.7 Å². The Morgan fingerprint density at radius 3 is 2.37 bits per heavy atom. The van der Waals surface area contributed by atoms with Crippen molar-refractivity contribution < 1.29 is 0 Å². The second-order valence-electron chi connectivity index (χ2n) is 5.80. The van der Waals surface area contributed by atoms with Crippen LogP contribution in [0.4, 0.5) is 11.5 Å². The molecule has 98 valence electrons. The second-order valence-corrected chi connectivity index (χ2v) is 5.80. The molecule has 0 aliphatic rings. The summed E-state index contributed by atoms with van der Waals surface area (Å²) in [5.74, 6) is 0.643. The standard InChI is InChI=1S/C16H19N3/c1-16(2,3)12-10-11(6-7-13(12)17)14-8-9-15(18-4)19(14)5/h6-10H,17H2,1-3,5H3. The van der Waals surface area contributed by atoms with Crippen molar-refractivity contribution in [2.45, 2.75) is 26.2 Å². The highest BCUT2D eigenvalue weighted by atomic mass is 15.0. The molecule has 0 fully saturated rings. The molecule has 0 aliphatic carbocycles. The molecule has 0 amide bonds. The predicted octanol–water partition coefficient (Wildman–Crippen LogP) is 4.12. The monoisotopic (exact) mass is 253 g/mol. The van der Waals surface area contributed by atoms with E-state index in [4.69, 9.17) is 12.3 Å². The highest BCUT2D eigenvalue weighted by Crippen LogP contribution is 2.33. The fourth-order valence-corrected chi connectivity index (χ4v) is 2.27. The van der Waals surface area contributed by atoms with Crippen LogP contribution in [0.15, 0.2) is 30.3 Å². The number of nitrogen functional groups attached to an aromatic ring is 1. The van der Waals surface area contributed by atoms with Crippen LogP contribution in [-0.2, 0) is 12.5 Å². The van der Waals surface area contributed by atoms with Crippen LogP contribution in [0.3, 0.4) is 0 Å². The van der Waals surface area contributed by atoms with Gasteiger partial charge in [0.15, 0.2) is 0 Å². The molecular weight excluding hydrogens is 234 g/mol. The molecule has 0 unspecified atom stereocenters. The summed E-state index contributed by atoms with van der Waals surface area (Å²) in [5.41, 5.74) is 10.2. The zero-order valence-corrected chi connectivity index (χ0v) is 11.9. The molecule has 1 heterocycles. The quantitative estimate of drug-likeness (QED) is 0.602. The zero-order valence-electron chi connectivity index (χ0n) is 11.9. The van der Waals surface area contributed by atoms with E-state index in [1.807, 2.05) is 35.9 Å². The summed E-state index contributed by atoms with van der Waals surface area (Å²) in [7, 11) is 1.91. The smallest absolute Gasteiger partial charge is 0.230 e. The Bertz CT molecular complexity index is 652. The van der Waals surface area contributed by atoms with Crippen molar-refractivity contribution in [3.8, 4) is 11.3 Å². The first-order chi connectivity index (χ1) is 8.84. The molecule has 0 saturated carbocycles. The average Bonchev–Trinajstić information content (AvgIpc) is 2.70. The van der Waals surface area contributed by atoms with Crippen LogP contribution in [0.25, 0.3) is 16.1 Å². The van der Waals surface area contributed by atoms with Gasteiger partial charge < -0.3 is 10.6 Å². The summed E-state index contributed by atoms with van der Waals surface area (Å²) in [6.07, 6.45) is 0. The van der Waals surface area contributed by atoms with Crippen LogP contribution < -0.4 is 5.73 Å².